The molecule has 0 bridgehead atoms. The molecule has 84 valence electrons. The van der Waals surface area contributed by atoms with Crippen LogP contribution in [-0.2, 0) is 0 Å². The largest absolute Gasteiger partial charge is 0.504 e. The van der Waals surface area contributed by atoms with Crippen molar-refractivity contribution < 1.29 is 10.2 Å². The predicted molar refractivity (Wildman–Crippen MR) is 67.3 cm³/mol. The predicted octanol–water partition coefficient (Wildman–Crippen LogP) is 3.11. The van der Waals surface area contributed by atoms with Crippen molar-refractivity contribution in [3.05, 3.63) is 42.0 Å². The van der Waals surface area contributed by atoms with E-state index in [1.54, 1.807) is 0 Å². The molecule has 0 spiro atoms. The molecule has 3 nitrogen and oxygen atoms in total. The number of nitrogens with zero attached hydrogens (tertiary/aromatic N) is 1. The van der Waals surface area contributed by atoms with Gasteiger partial charge in [0.05, 0.1) is 11.0 Å². The second-order valence-electron chi connectivity index (χ2n) is 4.14. The van der Waals surface area contributed by atoms with Crippen LogP contribution < -0.4 is 0 Å². The molecule has 0 amide bonds. The van der Waals surface area contributed by atoms with Gasteiger partial charge in [-0.1, -0.05) is 18.2 Å². The van der Waals surface area contributed by atoms with Crippen molar-refractivity contribution in [1.29, 1.82) is 0 Å². The van der Waals surface area contributed by atoms with Gasteiger partial charge in [0.1, 0.15) is 0 Å². The summed E-state index contributed by atoms with van der Waals surface area (Å²) in [5.41, 5.74) is 2.45. The van der Waals surface area contributed by atoms with Crippen LogP contribution in [0.3, 0.4) is 0 Å². The maximum Gasteiger partial charge on any atom is 0.167 e. The van der Waals surface area contributed by atoms with Gasteiger partial charge in [0.2, 0.25) is 0 Å². The second-order valence-corrected chi connectivity index (χ2v) is 4.14. The maximum atomic E-state index is 9.85. The normalized spacial score (nSPS) is 11.1. The summed E-state index contributed by atoms with van der Waals surface area (Å²) < 4.78 is 0. The first kappa shape index (κ1) is 9.90. The summed E-state index contributed by atoms with van der Waals surface area (Å²) in [6, 6.07) is 11.1. The van der Waals surface area contributed by atoms with Crippen LogP contribution in [0.25, 0.3) is 21.8 Å². The first-order valence-corrected chi connectivity index (χ1v) is 5.38. The number of phenolic OH excluding ortho intramolecular Hbond substituents is 2. The van der Waals surface area contributed by atoms with E-state index in [-0.39, 0.29) is 11.5 Å². The third-order valence-electron chi connectivity index (χ3n) is 2.95. The second kappa shape index (κ2) is 3.35. The minimum Gasteiger partial charge on any atom is -0.504 e. The molecule has 17 heavy (non-hydrogen) atoms. The smallest absolute Gasteiger partial charge is 0.167 e. The first-order chi connectivity index (χ1) is 8.16. The molecule has 1 aromatic heterocycles. The Bertz CT molecular complexity index is 735. The van der Waals surface area contributed by atoms with Gasteiger partial charge in [0, 0.05) is 10.8 Å². The number of rotatable bonds is 0. The molecule has 0 aliphatic rings. The van der Waals surface area contributed by atoms with Gasteiger partial charge in [0.15, 0.2) is 11.5 Å². The molecule has 3 heteroatoms. The highest BCUT2D eigenvalue weighted by molar-refractivity contribution is 5.98. The van der Waals surface area contributed by atoms with Crippen LogP contribution in [0.1, 0.15) is 5.56 Å². The number of aromatic hydroxyl groups is 2. The Hall–Kier alpha value is -2.29. The van der Waals surface area contributed by atoms with Crippen LogP contribution in [0.4, 0.5) is 0 Å². The van der Waals surface area contributed by atoms with Gasteiger partial charge in [-0.2, -0.15) is 0 Å². The lowest BCUT2D eigenvalue weighted by Gasteiger charge is -2.07. The Morgan fingerprint density at radius 3 is 2.65 bits per heavy atom. The Morgan fingerprint density at radius 2 is 1.82 bits per heavy atom. The number of hydrogen-bond acceptors (Lipinski definition) is 3. The molecule has 3 aromatic rings. The van der Waals surface area contributed by atoms with E-state index in [1.807, 2.05) is 37.3 Å². The first-order valence-electron chi connectivity index (χ1n) is 5.38. The Kier molecular flexibility index (Phi) is 1.95. The number of para-hydroxylation sites is 1. The molecule has 1 heterocycles. The average Bonchev–Trinajstić information content (AvgIpc) is 2.34. The number of aryl methyl sites for hydroxylation is 1. The molecule has 0 unspecified atom stereocenters. The van der Waals surface area contributed by atoms with Crippen LogP contribution in [0.5, 0.6) is 11.5 Å². The van der Waals surface area contributed by atoms with Gasteiger partial charge in [-0.05, 0) is 30.7 Å². The van der Waals surface area contributed by atoms with Crippen LogP contribution in [0, 0.1) is 6.92 Å². The fourth-order valence-electron chi connectivity index (χ4n) is 2.08. The molecule has 2 aromatic carbocycles. The molecule has 2 N–H and O–H groups in total. The van der Waals surface area contributed by atoms with Crippen LogP contribution in [0.15, 0.2) is 36.4 Å². The lowest BCUT2D eigenvalue weighted by Crippen LogP contribution is -1.86. The van der Waals surface area contributed by atoms with E-state index in [4.69, 9.17) is 0 Å². The maximum absolute atomic E-state index is 9.85. The van der Waals surface area contributed by atoms with Gasteiger partial charge in [0.25, 0.3) is 0 Å². The van der Waals surface area contributed by atoms with E-state index in [0.29, 0.717) is 5.39 Å². The number of hydrogen-bond donors (Lipinski definition) is 2. The molecular formula is C14H11NO2. The van der Waals surface area contributed by atoms with E-state index in [9.17, 15) is 10.2 Å². The fourth-order valence-corrected chi connectivity index (χ4v) is 2.08. The Labute approximate surface area is 98.0 Å². The minimum atomic E-state index is -0.108. The highest BCUT2D eigenvalue weighted by Gasteiger charge is 2.10. The molecule has 0 saturated carbocycles. The molecule has 0 atom stereocenters. The van der Waals surface area contributed by atoms with Crippen molar-refractivity contribution in [2.45, 2.75) is 6.92 Å². The summed E-state index contributed by atoms with van der Waals surface area (Å²) >= 11 is 0. The lowest BCUT2D eigenvalue weighted by molar-refractivity contribution is 0.408. The summed E-state index contributed by atoms with van der Waals surface area (Å²) in [5.74, 6) is -0.212. The minimum absolute atomic E-state index is 0.105. The summed E-state index contributed by atoms with van der Waals surface area (Å²) in [7, 11) is 0. The van der Waals surface area contributed by atoms with Crippen molar-refractivity contribution in [2.24, 2.45) is 0 Å². The van der Waals surface area contributed by atoms with Gasteiger partial charge >= 0.3 is 0 Å². The van der Waals surface area contributed by atoms with E-state index in [1.165, 1.54) is 6.07 Å². The Morgan fingerprint density at radius 1 is 1.06 bits per heavy atom. The monoisotopic (exact) mass is 225 g/mol. The fraction of sp³-hybridized carbons (Fsp3) is 0.0714. The number of phenols is 2. The Balaban J connectivity index is 2.56. The highest BCUT2D eigenvalue weighted by atomic mass is 16.3. The zero-order valence-electron chi connectivity index (χ0n) is 9.31. The number of benzene rings is 2. The van der Waals surface area contributed by atoms with Gasteiger partial charge in [-0.25, -0.2) is 4.98 Å². The van der Waals surface area contributed by atoms with E-state index in [0.717, 1.165) is 22.0 Å². The molecule has 0 aliphatic heterocycles. The summed E-state index contributed by atoms with van der Waals surface area (Å²) in [5, 5.41) is 21.0. The summed E-state index contributed by atoms with van der Waals surface area (Å²) in [6.07, 6.45) is 0. The molecule has 0 radical (unpaired) electrons. The quantitative estimate of drug-likeness (QED) is 0.456. The van der Waals surface area contributed by atoms with Crippen LogP contribution in [0.2, 0.25) is 0 Å². The third kappa shape index (κ3) is 1.40. The van der Waals surface area contributed by atoms with E-state index in [2.05, 4.69) is 4.98 Å². The molecule has 3 rings (SSSR count). The molecule has 0 aliphatic carbocycles. The number of aromatic nitrogens is 1. The summed E-state index contributed by atoms with van der Waals surface area (Å²) in [4.78, 5) is 4.51. The van der Waals surface area contributed by atoms with Crippen molar-refractivity contribution in [3.63, 3.8) is 0 Å². The van der Waals surface area contributed by atoms with Crippen molar-refractivity contribution in [3.8, 4) is 11.5 Å². The lowest BCUT2D eigenvalue weighted by atomic mass is 10.1. The van der Waals surface area contributed by atoms with Crippen molar-refractivity contribution in [1.82, 2.24) is 4.98 Å². The molecule has 0 saturated heterocycles. The van der Waals surface area contributed by atoms with Crippen molar-refractivity contribution in [2.75, 3.05) is 0 Å². The summed E-state index contributed by atoms with van der Waals surface area (Å²) in [6.45, 7) is 1.86. The van der Waals surface area contributed by atoms with Gasteiger partial charge in [-0.3, -0.25) is 0 Å². The van der Waals surface area contributed by atoms with Crippen LogP contribution in [-0.4, -0.2) is 15.2 Å². The highest BCUT2D eigenvalue weighted by Crippen LogP contribution is 2.36. The molecular weight excluding hydrogens is 214 g/mol. The number of pyridine rings is 1. The zero-order chi connectivity index (χ0) is 12.0. The zero-order valence-corrected chi connectivity index (χ0v) is 9.31. The third-order valence-corrected chi connectivity index (χ3v) is 2.95. The number of fused-ring (bicyclic) bond motifs is 2. The van der Waals surface area contributed by atoms with Crippen LogP contribution >= 0.6 is 0 Å². The molecule has 0 fully saturated rings. The van der Waals surface area contributed by atoms with E-state index >= 15 is 0 Å². The van der Waals surface area contributed by atoms with Gasteiger partial charge in [-0.15, -0.1) is 0 Å². The average molecular weight is 225 g/mol. The standard InChI is InChI=1S/C14H11NO2/c1-8-6-12(16)14(17)10-7-9-4-2-3-5-11(9)15-13(8)10/h2-7,16-17H,1H3. The topological polar surface area (TPSA) is 53.4 Å². The van der Waals surface area contributed by atoms with Crippen molar-refractivity contribution >= 4 is 21.8 Å². The van der Waals surface area contributed by atoms with Gasteiger partial charge < -0.3 is 10.2 Å². The van der Waals surface area contributed by atoms with E-state index < -0.39 is 0 Å². The SMILES string of the molecule is Cc1cc(O)c(O)c2cc3ccccc3nc12.